The molecule has 0 aliphatic carbocycles. The van der Waals surface area contributed by atoms with Crippen molar-refractivity contribution in [1.29, 1.82) is 0 Å². The van der Waals surface area contributed by atoms with Crippen molar-refractivity contribution in [2.45, 2.75) is 19.1 Å². The summed E-state index contributed by atoms with van der Waals surface area (Å²) in [7, 11) is 0. The molecule has 1 aromatic rings. The number of hydrogen-bond donors (Lipinski definition) is 0. The van der Waals surface area contributed by atoms with E-state index in [1.54, 1.807) is 6.26 Å². The predicted molar refractivity (Wildman–Crippen MR) is 53.6 cm³/mol. The Morgan fingerprint density at radius 2 is 2.00 bits per heavy atom. The summed E-state index contributed by atoms with van der Waals surface area (Å²) < 4.78 is 10.9. The molecule has 0 amide bonds. The van der Waals surface area contributed by atoms with Crippen molar-refractivity contribution in [2.24, 2.45) is 0 Å². The lowest BCUT2D eigenvalue weighted by Crippen LogP contribution is -2.00. The maximum Gasteiger partial charge on any atom is 0.130 e. The molecule has 12 heavy (non-hydrogen) atoms. The molecule has 0 radical (unpaired) electrons. The molecule has 0 saturated carbocycles. The fourth-order valence-electron chi connectivity index (χ4n) is 1.17. The van der Waals surface area contributed by atoms with Crippen LogP contribution in [0.25, 0.3) is 0 Å². The first-order valence-electron chi connectivity index (χ1n) is 4.10. The second kappa shape index (κ2) is 4.53. The Bertz CT molecular complexity index is 245. The molecule has 0 aromatic heterocycles. The largest absolute Gasteiger partial charge is 0.616 e. The molecule has 1 atom stereocenters. The van der Waals surface area contributed by atoms with Gasteiger partial charge in [0.15, 0.2) is 0 Å². The number of aryl methyl sites for hydroxylation is 1. The minimum absolute atomic E-state index is 0.674. The van der Waals surface area contributed by atoms with Crippen LogP contribution in [-0.4, -0.2) is 10.8 Å². The van der Waals surface area contributed by atoms with Crippen LogP contribution in [-0.2, 0) is 23.3 Å². The Labute approximate surface area is 77.0 Å². The predicted octanol–water partition coefficient (Wildman–Crippen LogP) is 2.13. The van der Waals surface area contributed by atoms with E-state index in [9.17, 15) is 4.55 Å². The highest BCUT2D eigenvalue weighted by atomic mass is 32.2. The molecule has 0 N–H and O–H groups in total. The molecule has 0 fully saturated rings. The molecule has 0 spiro atoms. The topological polar surface area (TPSA) is 23.1 Å². The van der Waals surface area contributed by atoms with Crippen molar-refractivity contribution in [1.82, 2.24) is 0 Å². The first-order chi connectivity index (χ1) is 5.72. The Hall–Kier alpha value is -0.470. The van der Waals surface area contributed by atoms with Gasteiger partial charge in [0.05, 0.1) is 6.26 Å². The first kappa shape index (κ1) is 9.62. The van der Waals surface area contributed by atoms with Crippen molar-refractivity contribution in [3.05, 3.63) is 35.4 Å². The quantitative estimate of drug-likeness (QED) is 0.657. The second-order valence-electron chi connectivity index (χ2n) is 2.89. The van der Waals surface area contributed by atoms with Crippen molar-refractivity contribution < 1.29 is 4.55 Å². The highest BCUT2D eigenvalue weighted by molar-refractivity contribution is 7.89. The highest BCUT2D eigenvalue weighted by Crippen LogP contribution is 2.08. The van der Waals surface area contributed by atoms with Crippen LogP contribution in [0.4, 0.5) is 0 Å². The summed E-state index contributed by atoms with van der Waals surface area (Å²) in [5.41, 5.74) is 2.49. The molecular weight excluding hydrogens is 168 g/mol. The lowest BCUT2D eigenvalue weighted by atomic mass is 10.1. The minimum atomic E-state index is -0.727. The summed E-state index contributed by atoms with van der Waals surface area (Å²) in [5.74, 6) is 0.674. The van der Waals surface area contributed by atoms with Crippen molar-refractivity contribution in [3.63, 3.8) is 0 Å². The van der Waals surface area contributed by atoms with Gasteiger partial charge in [0, 0.05) is 5.56 Å². The van der Waals surface area contributed by atoms with Gasteiger partial charge in [-0.05, 0) is 12.0 Å². The standard InChI is InChI=1S/C10H14OS/c1-3-9-5-4-6-10(7-9)8-12(2)11/h4-7H,3,8H2,1-2H3. The van der Waals surface area contributed by atoms with E-state index < -0.39 is 11.2 Å². The van der Waals surface area contributed by atoms with Crippen LogP contribution in [0.1, 0.15) is 18.1 Å². The van der Waals surface area contributed by atoms with Crippen molar-refractivity contribution in [2.75, 3.05) is 6.26 Å². The summed E-state index contributed by atoms with van der Waals surface area (Å²) in [6, 6.07) is 8.28. The van der Waals surface area contributed by atoms with E-state index in [1.165, 1.54) is 11.1 Å². The maximum absolute atomic E-state index is 10.9. The third-order valence-corrected chi connectivity index (χ3v) is 2.51. The van der Waals surface area contributed by atoms with E-state index in [0.29, 0.717) is 5.75 Å². The molecule has 1 unspecified atom stereocenters. The summed E-state index contributed by atoms with van der Waals surface area (Å²) in [6.45, 7) is 2.13. The molecular formula is C10H14OS. The average Bonchev–Trinajstić information content (AvgIpc) is 2.03. The molecule has 0 saturated heterocycles. The lowest BCUT2D eigenvalue weighted by Gasteiger charge is -2.05. The fourth-order valence-corrected chi connectivity index (χ4v) is 1.82. The zero-order valence-corrected chi connectivity index (χ0v) is 8.36. The first-order valence-corrected chi connectivity index (χ1v) is 5.83. The third kappa shape index (κ3) is 2.88. The smallest absolute Gasteiger partial charge is 0.130 e. The molecule has 0 aliphatic rings. The van der Waals surface area contributed by atoms with E-state index >= 15 is 0 Å². The second-order valence-corrected chi connectivity index (χ2v) is 4.33. The summed E-state index contributed by atoms with van der Waals surface area (Å²) in [4.78, 5) is 0. The van der Waals surface area contributed by atoms with E-state index in [2.05, 4.69) is 19.1 Å². The van der Waals surface area contributed by atoms with Crippen LogP contribution >= 0.6 is 0 Å². The number of rotatable bonds is 3. The fraction of sp³-hybridized carbons (Fsp3) is 0.400. The van der Waals surface area contributed by atoms with Crippen molar-refractivity contribution >= 4 is 11.2 Å². The summed E-state index contributed by atoms with van der Waals surface area (Å²) in [5, 5.41) is 0. The van der Waals surface area contributed by atoms with Crippen LogP contribution in [0.5, 0.6) is 0 Å². The van der Waals surface area contributed by atoms with Gasteiger partial charge in [-0.1, -0.05) is 42.4 Å². The number of hydrogen-bond acceptors (Lipinski definition) is 1. The van der Waals surface area contributed by atoms with Crippen molar-refractivity contribution in [3.8, 4) is 0 Å². The van der Waals surface area contributed by atoms with Gasteiger partial charge in [-0.25, -0.2) is 0 Å². The molecule has 1 aromatic carbocycles. The van der Waals surface area contributed by atoms with E-state index in [0.717, 1.165) is 6.42 Å². The third-order valence-electron chi connectivity index (χ3n) is 1.77. The molecule has 2 heteroatoms. The maximum atomic E-state index is 10.9. The number of benzene rings is 1. The molecule has 1 rings (SSSR count). The Kier molecular flexibility index (Phi) is 3.63. The zero-order chi connectivity index (χ0) is 8.97. The van der Waals surface area contributed by atoms with E-state index in [1.807, 2.05) is 12.1 Å². The van der Waals surface area contributed by atoms with Gasteiger partial charge >= 0.3 is 0 Å². The summed E-state index contributed by atoms with van der Waals surface area (Å²) in [6.07, 6.45) is 2.78. The normalized spacial score (nSPS) is 12.9. The highest BCUT2D eigenvalue weighted by Gasteiger charge is 2.00. The molecule has 0 bridgehead atoms. The SMILES string of the molecule is CCc1cccc(C[S+](C)[O-])c1. The van der Waals surface area contributed by atoms with Gasteiger partial charge in [0.25, 0.3) is 0 Å². The van der Waals surface area contributed by atoms with E-state index in [-0.39, 0.29) is 0 Å². The van der Waals surface area contributed by atoms with Crippen LogP contribution in [0.2, 0.25) is 0 Å². The molecule has 1 nitrogen and oxygen atoms in total. The minimum Gasteiger partial charge on any atom is -0.616 e. The average molecular weight is 182 g/mol. The summed E-state index contributed by atoms with van der Waals surface area (Å²) >= 11 is -0.727. The van der Waals surface area contributed by atoms with Gasteiger partial charge in [0.2, 0.25) is 0 Å². The van der Waals surface area contributed by atoms with Gasteiger partial charge in [0.1, 0.15) is 5.75 Å². The van der Waals surface area contributed by atoms with Gasteiger partial charge in [-0.2, -0.15) is 0 Å². The monoisotopic (exact) mass is 182 g/mol. The Morgan fingerprint density at radius 3 is 2.58 bits per heavy atom. The molecule has 66 valence electrons. The lowest BCUT2D eigenvalue weighted by molar-refractivity contribution is 0.600. The Balaban J connectivity index is 2.72. The Morgan fingerprint density at radius 1 is 1.33 bits per heavy atom. The van der Waals surface area contributed by atoms with Gasteiger partial charge in [-0.15, -0.1) is 0 Å². The molecule has 0 heterocycles. The van der Waals surface area contributed by atoms with E-state index in [4.69, 9.17) is 0 Å². The van der Waals surface area contributed by atoms with Gasteiger partial charge < -0.3 is 4.55 Å². The molecule has 0 aliphatic heterocycles. The van der Waals surface area contributed by atoms with Crippen LogP contribution in [0.15, 0.2) is 24.3 Å². The van der Waals surface area contributed by atoms with Crippen LogP contribution < -0.4 is 0 Å². The van der Waals surface area contributed by atoms with Crippen LogP contribution in [0, 0.1) is 0 Å². The van der Waals surface area contributed by atoms with Gasteiger partial charge in [-0.3, -0.25) is 0 Å². The zero-order valence-electron chi connectivity index (χ0n) is 7.54. The van der Waals surface area contributed by atoms with Crippen LogP contribution in [0.3, 0.4) is 0 Å².